The van der Waals surface area contributed by atoms with Gasteiger partial charge >= 0.3 is 0 Å². The Labute approximate surface area is 234 Å². The van der Waals surface area contributed by atoms with E-state index in [0.717, 1.165) is 28.5 Å². The summed E-state index contributed by atoms with van der Waals surface area (Å²) in [5.41, 5.74) is 3.51. The number of fused-ring (bicyclic) bond motifs is 13. The second-order valence-electron chi connectivity index (χ2n) is 10.8. The van der Waals surface area contributed by atoms with Gasteiger partial charge in [0, 0.05) is 25.6 Å². The molecule has 0 N–H and O–H groups in total. The lowest BCUT2D eigenvalue weighted by atomic mass is 9.34. The van der Waals surface area contributed by atoms with E-state index < -0.39 is 0 Å². The van der Waals surface area contributed by atoms with Gasteiger partial charge < -0.3 is 9.47 Å². The van der Waals surface area contributed by atoms with Crippen LogP contribution in [0.5, 0.6) is 23.0 Å². The summed E-state index contributed by atoms with van der Waals surface area (Å²) in [5.74, 6) is 3.61. The maximum absolute atomic E-state index is 6.67. The minimum atomic E-state index is 0.0244. The molecule has 0 saturated carbocycles. The van der Waals surface area contributed by atoms with Gasteiger partial charge in [-0.3, -0.25) is 0 Å². The molecular weight excluding hydrogens is 507 g/mol. The van der Waals surface area contributed by atoms with E-state index in [4.69, 9.17) is 9.47 Å². The molecule has 0 spiro atoms. The molecule has 2 aliphatic heterocycles. The third-order valence-corrected chi connectivity index (χ3v) is 9.89. The van der Waals surface area contributed by atoms with Crippen molar-refractivity contribution < 1.29 is 9.47 Å². The Morgan fingerprint density at radius 1 is 0.400 bits per heavy atom. The summed E-state index contributed by atoms with van der Waals surface area (Å²) in [6, 6.07) is 41.6. The molecule has 0 saturated heterocycles. The van der Waals surface area contributed by atoms with E-state index in [2.05, 4.69) is 109 Å². The first-order valence-corrected chi connectivity index (χ1v) is 14.4. The van der Waals surface area contributed by atoms with Crippen LogP contribution < -0.4 is 25.9 Å². The zero-order chi connectivity index (χ0) is 25.9. The molecule has 40 heavy (non-hydrogen) atoms. The Balaban J connectivity index is 1.34. The highest BCUT2D eigenvalue weighted by molar-refractivity contribution is 7.25. The summed E-state index contributed by atoms with van der Waals surface area (Å²) < 4.78 is 15.8. The molecule has 0 fully saturated rings. The van der Waals surface area contributed by atoms with Crippen LogP contribution in [0.3, 0.4) is 0 Å². The van der Waals surface area contributed by atoms with Crippen LogP contribution >= 0.6 is 11.3 Å². The molecule has 1 aromatic heterocycles. The van der Waals surface area contributed by atoms with E-state index in [1.54, 1.807) is 0 Å². The molecule has 7 aromatic carbocycles. The van der Waals surface area contributed by atoms with Crippen LogP contribution in [0.15, 0.2) is 115 Å². The Bertz CT molecular complexity index is 2400. The molecule has 8 aromatic rings. The number of rotatable bonds is 0. The van der Waals surface area contributed by atoms with Gasteiger partial charge in [-0.05, 0) is 73.6 Å². The van der Waals surface area contributed by atoms with Crippen molar-refractivity contribution in [2.24, 2.45) is 0 Å². The van der Waals surface area contributed by atoms with Crippen LogP contribution in [0.4, 0.5) is 0 Å². The molecule has 2 aliphatic rings. The number of benzene rings is 7. The fourth-order valence-corrected chi connectivity index (χ4v) is 8.16. The first-order chi connectivity index (χ1) is 19.8. The summed E-state index contributed by atoms with van der Waals surface area (Å²) in [5, 5.41) is 10.1. The number of hydrogen-bond donors (Lipinski definition) is 0. The van der Waals surface area contributed by atoms with Gasteiger partial charge in [0.1, 0.15) is 23.0 Å². The standard InChI is InChI=1S/C36H19BO2S/c1-3-10-22-20(8-1)21-9-2-4-11-23(21)26-18-32-28(16-25(22)26)37-29-17-27-24-12-5-6-15-34(24)40-35(27)19-33(29)39-31-14-7-13-30(38-32)36(31)37/h1-19H. The van der Waals surface area contributed by atoms with E-state index in [9.17, 15) is 0 Å². The molecule has 0 radical (unpaired) electrons. The predicted molar refractivity (Wildman–Crippen MR) is 170 cm³/mol. The molecule has 184 valence electrons. The van der Waals surface area contributed by atoms with E-state index in [1.807, 2.05) is 17.4 Å². The summed E-state index contributed by atoms with van der Waals surface area (Å²) in [7, 11) is 0. The number of thiophene rings is 1. The van der Waals surface area contributed by atoms with Crippen LogP contribution in [-0.2, 0) is 0 Å². The van der Waals surface area contributed by atoms with Crippen molar-refractivity contribution in [1.29, 1.82) is 0 Å². The van der Waals surface area contributed by atoms with E-state index in [-0.39, 0.29) is 6.71 Å². The highest BCUT2D eigenvalue weighted by atomic mass is 32.1. The van der Waals surface area contributed by atoms with Gasteiger partial charge in [-0.15, -0.1) is 11.3 Å². The van der Waals surface area contributed by atoms with Crippen LogP contribution in [-0.4, -0.2) is 6.71 Å². The summed E-state index contributed by atoms with van der Waals surface area (Å²) in [6.07, 6.45) is 0. The van der Waals surface area contributed by atoms with Gasteiger partial charge in [0.15, 0.2) is 0 Å². The largest absolute Gasteiger partial charge is 0.458 e. The fraction of sp³-hybridized carbons (Fsp3) is 0. The quantitative estimate of drug-likeness (QED) is 0.146. The van der Waals surface area contributed by atoms with Gasteiger partial charge in [-0.2, -0.15) is 0 Å². The second-order valence-corrected chi connectivity index (χ2v) is 11.9. The van der Waals surface area contributed by atoms with E-state index in [0.29, 0.717) is 0 Å². The Kier molecular flexibility index (Phi) is 3.92. The smallest absolute Gasteiger partial charge is 0.260 e. The monoisotopic (exact) mass is 526 g/mol. The molecule has 3 heterocycles. The van der Waals surface area contributed by atoms with Crippen LogP contribution in [0.1, 0.15) is 0 Å². The van der Waals surface area contributed by atoms with Crippen molar-refractivity contribution in [3.63, 3.8) is 0 Å². The molecule has 0 aliphatic carbocycles. The van der Waals surface area contributed by atoms with Crippen LogP contribution in [0, 0.1) is 0 Å². The predicted octanol–water partition coefficient (Wildman–Crippen LogP) is 8.24. The molecule has 0 bridgehead atoms. The third kappa shape index (κ3) is 2.64. The van der Waals surface area contributed by atoms with Gasteiger partial charge in [0.25, 0.3) is 6.71 Å². The SMILES string of the molecule is c1cc2c3c(c1)Oc1cc4c5ccccc5c5ccccc5c4cc1B3c1cc3c(cc1O2)sc1ccccc13. The maximum Gasteiger partial charge on any atom is 0.260 e. The highest BCUT2D eigenvalue weighted by Crippen LogP contribution is 2.42. The van der Waals surface area contributed by atoms with Gasteiger partial charge in [0.05, 0.1) is 0 Å². The zero-order valence-corrected chi connectivity index (χ0v) is 22.1. The summed E-state index contributed by atoms with van der Waals surface area (Å²) in [4.78, 5) is 0. The van der Waals surface area contributed by atoms with Crippen molar-refractivity contribution in [3.8, 4) is 23.0 Å². The topological polar surface area (TPSA) is 18.5 Å². The summed E-state index contributed by atoms with van der Waals surface area (Å²) >= 11 is 1.83. The minimum absolute atomic E-state index is 0.0244. The van der Waals surface area contributed by atoms with Crippen molar-refractivity contribution in [2.75, 3.05) is 0 Å². The highest BCUT2D eigenvalue weighted by Gasteiger charge is 2.40. The lowest BCUT2D eigenvalue weighted by Gasteiger charge is -2.33. The number of ether oxygens (including phenoxy) is 2. The Hall–Kier alpha value is -4.80. The molecule has 4 heteroatoms. The third-order valence-electron chi connectivity index (χ3n) is 8.76. The van der Waals surface area contributed by atoms with Crippen molar-refractivity contribution in [1.82, 2.24) is 0 Å². The Morgan fingerprint density at radius 2 is 0.925 bits per heavy atom. The fourth-order valence-electron chi connectivity index (χ4n) is 7.05. The second kappa shape index (κ2) is 7.44. The maximum atomic E-state index is 6.67. The van der Waals surface area contributed by atoms with E-state index in [1.165, 1.54) is 63.4 Å². The normalized spacial score (nSPS) is 13.3. The first kappa shape index (κ1) is 21.1. The van der Waals surface area contributed by atoms with Crippen molar-refractivity contribution >= 4 is 86.9 Å². The molecule has 0 atom stereocenters. The lowest BCUT2D eigenvalue weighted by Crippen LogP contribution is -2.57. The lowest BCUT2D eigenvalue weighted by molar-refractivity contribution is 0.465. The average molecular weight is 526 g/mol. The average Bonchev–Trinajstić information content (AvgIpc) is 3.37. The number of hydrogen-bond acceptors (Lipinski definition) is 3. The van der Waals surface area contributed by atoms with Gasteiger partial charge in [0.2, 0.25) is 0 Å². The van der Waals surface area contributed by atoms with Gasteiger partial charge in [-0.25, -0.2) is 0 Å². The molecular formula is C36H19BO2S. The first-order valence-electron chi connectivity index (χ1n) is 13.6. The zero-order valence-electron chi connectivity index (χ0n) is 21.3. The van der Waals surface area contributed by atoms with Gasteiger partial charge in [-0.1, -0.05) is 84.9 Å². The summed E-state index contributed by atoms with van der Waals surface area (Å²) in [6.45, 7) is 0.0244. The minimum Gasteiger partial charge on any atom is -0.458 e. The molecule has 0 unspecified atom stereocenters. The van der Waals surface area contributed by atoms with Crippen LogP contribution in [0.2, 0.25) is 0 Å². The molecule has 10 rings (SSSR count). The van der Waals surface area contributed by atoms with Crippen LogP contribution in [0.25, 0.3) is 52.5 Å². The molecule has 0 amide bonds. The van der Waals surface area contributed by atoms with E-state index >= 15 is 0 Å². The van der Waals surface area contributed by atoms with Crippen molar-refractivity contribution in [3.05, 3.63) is 115 Å². The van der Waals surface area contributed by atoms with Crippen molar-refractivity contribution in [2.45, 2.75) is 0 Å². The Morgan fingerprint density at radius 3 is 1.60 bits per heavy atom. The molecule has 2 nitrogen and oxygen atoms in total.